The Labute approximate surface area is 92.6 Å². The molecule has 0 unspecified atom stereocenters. The van der Waals surface area contributed by atoms with Gasteiger partial charge < -0.3 is 5.73 Å². The maximum atomic E-state index is 10.9. The van der Waals surface area contributed by atoms with Crippen LogP contribution in [0, 0.1) is 5.92 Å². The van der Waals surface area contributed by atoms with Crippen LogP contribution >= 0.6 is 11.8 Å². The van der Waals surface area contributed by atoms with E-state index in [1.54, 1.807) is 11.6 Å². The monoisotopic (exact) mass is 229 g/mol. The van der Waals surface area contributed by atoms with E-state index in [0.717, 1.165) is 6.54 Å². The predicted octanol–water partition coefficient (Wildman–Crippen LogP) is 0.295. The number of aromatic nitrogens is 4. The van der Waals surface area contributed by atoms with Crippen molar-refractivity contribution in [2.75, 3.05) is 0 Å². The Hall–Kier alpha value is -1.11. The van der Waals surface area contributed by atoms with Crippen LogP contribution in [0.5, 0.6) is 0 Å². The Bertz CT molecular complexity index is 338. The average molecular weight is 229 g/mol. The summed E-state index contributed by atoms with van der Waals surface area (Å²) in [7, 11) is 0. The number of primary amides is 1. The molecule has 0 saturated heterocycles. The molecule has 0 radical (unpaired) electrons. The van der Waals surface area contributed by atoms with Crippen LogP contribution in [0.4, 0.5) is 0 Å². The topological polar surface area (TPSA) is 86.7 Å². The van der Waals surface area contributed by atoms with Gasteiger partial charge in [0.1, 0.15) is 0 Å². The maximum Gasteiger partial charge on any atom is 0.230 e. The van der Waals surface area contributed by atoms with Crippen LogP contribution in [0.3, 0.4) is 0 Å². The summed E-state index contributed by atoms with van der Waals surface area (Å²) in [5.41, 5.74) is 5.17. The number of rotatable bonds is 5. The molecule has 0 aliphatic carbocycles. The first-order valence-corrected chi connectivity index (χ1v) is 5.60. The highest BCUT2D eigenvalue weighted by atomic mass is 32.2. The number of nitrogens with two attached hydrogens (primary N) is 1. The van der Waals surface area contributed by atoms with E-state index >= 15 is 0 Å². The second-order valence-corrected chi connectivity index (χ2v) is 5.01. The fourth-order valence-electron chi connectivity index (χ4n) is 0.958. The Balaban J connectivity index is 2.68. The van der Waals surface area contributed by atoms with Crippen molar-refractivity contribution in [3.05, 3.63) is 0 Å². The van der Waals surface area contributed by atoms with Gasteiger partial charge in [0.05, 0.1) is 5.25 Å². The van der Waals surface area contributed by atoms with Gasteiger partial charge in [-0.3, -0.25) is 4.79 Å². The lowest BCUT2D eigenvalue weighted by atomic mass is 10.2. The van der Waals surface area contributed by atoms with E-state index in [2.05, 4.69) is 29.4 Å². The van der Waals surface area contributed by atoms with Gasteiger partial charge >= 0.3 is 0 Å². The van der Waals surface area contributed by atoms with Crippen molar-refractivity contribution in [3.63, 3.8) is 0 Å². The van der Waals surface area contributed by atoms with E-state index in [1.807, 2.05) is 0 Å². The fraction of sp³-hybridized carbons (Fsp3) is 0.750. The smallest absolute Gasteiger partial charge is 0.230 e. The number of thioether (sulfide) groups is 1. The molecule has 84 valence electrons. The molecule has 0 spiro atoms. The van der Waals surface area contributed by atoms with Crippen LogP contribution < -0.4 is 5.73 Å². The van der Waals surface area contributed by atoms with Crippen LogP contribution in [0.25, 0.3) is 0 Å². The number of carbonyl (C=O) groups excluding carboxylic acids is 1. The second kappa shape index (κ2) is 5.11. The van der Waals surface area contributed by atoms with Crippen molar-refractivity contribution in [2.45, 2.75) is 37.7 Å². The highest BCUT2D eigenvalue weighted by Gasteiger charge is 2.16. The Morgan fingerprint density at radius 1 is 1.53 bits per heavy atom. The van der Waals surface area contributed by atoms with Crippen LogP contribution in [0.1, 0.15) is 20.8 Å². The Morgan fingerprint density at radius 3 is 2.73 bits per heavy atom. The molecule has 6 nitrogen and oxygen atoms in total. The zero-order valence-corrected chi connectivity index (χ0v) is 9.86. The van der Waals surface area contributed by atoms with Crippen molar-refractivity contribution < 1.29 is 4.79 Å². The zero-order valence-electron chi connectivity index (χ0n) is 9.04. The molecule has 0 aromatic carbocycles. The van der Waals surface area contributed by atoms with Gasteiger partial charge in [0.2, 0.25) is 11.1 Å². The van der Waals surface area contributed by atoms with Crippen LogP contribution in [0.2, 0.25) is 0 Å². The van der Waals surface area contributed by atoms with Gasteiger partial charge in [-0.2, -0.15) is 0 Å². The fourth-order valence-corrected chi connectivity index (χ4v) is 1.71. The molecule has 1 aromatic rings. The van der Waals surface area contributed by atoms with Gasteiger partial charge in [-0.15, -0.1) is 5.10 Å². The van der Waals surface area contributed by atoms with Gasteiger partial charge in [0, 0.05) is 6.54 Å². The minimum absolute atomic E-state index is 0.318. The van der Waals surface area contributed by atoms with Crippen LogP contribution in [0.15, 0.2) is 5.16 Å². The largest absolute Gasteiger partial charge is 0.369 e. The molecule has 1 rings (SSSR count). The van der Waals surface area contributed by atoms with Crippen molar-refractivity contribution in [1.82, 2.24) is 20.2 Å². The highest BCUT2D eigenvalue weighted by Crippen LogP contribution is 2.20. The second-order valence-electron chi connectivity index (χ2n) is 3.70. The molecule has 0 saturated carbocycles. The molecule has 0 fully saturated rings. The molecule has 1 aromatic heterocycles. The van der Waals surface area contributed by atoms with Crippen molar-refractivity contribution in [1.29, 1.82) is 0 Å². The minimum atomic E-state index is -0.362. The SMILES string of the molecule is CC(C)Cn1nnnc1S[C@@H](C)C(N)=O. The van der Waals surface area contributed by atoms with Gasteiger partial charge in [-0.05, 0) is 23.3 Å². The standard InChI is InChI=1S/C8H15N5OS/c1-5(2)4-13-8(10-11-12-13)15-6(3)7(9)14/h5-6H,4H2,1-3H3,(H2,9,14)/t6-/m0/s1. The number of hydrogen-bond donors (Lipinski definition) is 1. The van der Waals surface area contributed by atoms with E-state index in [-0.39, 0.29) is 11.2 Å². The van der Waals surface area contributed by atoms with Gasteiger partial charge in [-0.1, -0.05) is 25.6 Å². The Kier molecular flexibility index (Phi) is 4.07. The molecule has 2 N–H and O–H groups in total. The minimum Gasteiger partial charge on any atom is -0.369 e. The van der Waals surface area contributed by atoms with Crippen molar-refractivity contribution >= 4 is 17.7 Å². The number of nitrogens with zero attached hydrogens (tertiary/aromatic N) is 4. The first-order chi connectivity index (χ1) is 7.00. The van der Waals surface area contributed by atoms with Crippen LogP contribution in [-0.4, -0.2) is 31.4 Å². The quantitative estimate of drug-likeness (QED) is 0.733. The van der Waals surface area contributed by atoms with Crippen molar-refractivity contribution in [2.24, 2.45) is 11.7 Å². The molecular weight excluding hydrogens is 214 g/mol. The van der Waals surface area contributed by atoms with Gasteiger partial charge in [0.15, 0.2) is 0 Å². The third-order valence-electron chi connectivity index (χ3n) is 1.72. The summed E-state index contributed by atoms with van der Waals surface area (Å²) >= 11 is 1.28. The highest BCUT2D eigenvalue weighted by molar-refractivity contribution is 8.00. The third kappa shape index (κ3) is 3.50. The third-order valence-corrected chi connectivity index (χ3v) is 2.81. The summed E-state index contributed by atoms with van der Waals surface area (Å²) in [5.74, 6) is 0.0934. The summed E-state index contributed by atoms with van der Waals surface area (Å²) in [6.45, 7) is 6.63. The van der Waals surface area contributed by atoms with E-state index in [0.29, 0.717) is 11.1 Å². The summed E-state index contributed by atoms with van der Waals surface area (Å²) in [4.78, 5) is 10.9. The van der Waals surface area contributed by atoms with Gasteiger partial charge in [-0.25, -0.2) is 4.68 Å². The molecule has 1 atom stereocenters. The molecule has 0 bridgehead atoms. The first-order valence-electron chi connectivity index (χ1n) is 4.73. The van der Waals surface area contributed by atoms with Crippen molar-refractivity contribution in [3.8, 4) is 0 Å². The van der Waals surface area contributed by atoms with Crippen LogP contribution in [-0.2, 0) is 11.3 Å². The summed E-state index contributed by atoms with van der Waals surface area (Å²) in [6, 6.07) is 0. The predicted molar refractivity (Wildman–Crippen MR) is 57.2 cm³/mol. The number of amides is 1. The molecule has 7 heteroatoms. The van der Waals surface area contributed by atoms with E-state index < -0.39 is 0 Å². The number of carbonyl (C=O) groups is 1. The molecule has 0 aliphatic heterocycles. The van der Waals surface area contributed by atoms with E-state index in [9.17, 15) is 4.79 Å². The molecular formula is C8H15N5OS. The number of hydrogen-bond acceptors (Lipinski definition) is 5. The first kappa shape index (κ1) is 12.0. The lowest BCUT2D eigenvalue weighted by Crippen LogP contribution is -2.23. The summed E-state index contributed by atoms with van der Waals surface area (Å²) in [6.07, 6.45) is 0. The van der Waals surface area contributed by atoms with Gasteiger partial charge in [0.25, 0.3) is 0 Å². The zero-order chi connectivity index (χ0) is 11.4. The normalized spacial score (nSPS) is 13.1. The molecule has 0 aliphatic rings. The van der Waals surface area contributed by atoms with E-state index in [1.165, 1.54) is 11.8 Å². The van der Waals surface area contributed by atoms with E-state index in [4.69, 9.17) is 5.73 Å². The summed E-state index contributed by atoms with van der Waals surface area (Å²) in [5, 5.41) is 11.6. The average Bonchev–Trinajstić information content (AvgIpc) is 2.51. The number of tetrazole rings is 1. The molecule has 1 heterocycles. The lowest BCUT2D eigenvalue weighted by Gasteiger charge is -2.08. The lowest BCUT2D eigenvalue weighted by molar-refractivity contribution is -0.117. The molecule has 1 amide bonds. The summed E-state index contributed by atoms with van der Waals surface area (Å²) < 4.78 is 1.69. The Morgan fingerprint density at radius 2 is 2.20 bits per heavy atom. The maximum absolute atomic E-state index is 10.9. The molecule has 15 heavy (non-hydrogen) atoms.